The zero-order valence-corrected chi connectivity index (χ0v) is 12.5. The second-order valence-electron chi connectivity index (χ2n) is 4.28. The van der Waals surface area contributed by atoms with E-state index in [1.807, 2.05) is 0 Å². The van der Waals surface area contributed by atoms with Gasteiger partial charge in [-0.1, -0.05) is 15.9 Å². The number of aromatic nitrogens is 2. The Labute approximate surface area is 128 Å². The second kappa shape index (κ2) is 6.40. The molecule has 0 aliphatic rings. The molecule has 0 radical (unpaired) electrons. The second-order valence-corrected chi connectivity index (χ2v) is 5.20. The van der Waals surface area contributed by atoms with Gasteiger partial charge in [-0.15, -0.1) is 0 Å². The van der Waals surface area contributed by atoms with Crippen LogP contribution in [0.5, 0.6) is 0 Å². The molecule has 1 amide bonds. The van der Waals surface area contributed by atoms with Crippen LogP contribution in [-0.4, -0.2) is 33.1 Å². The number of primary amides is 1. The summed E-state index contributed by atoms with van der Waals surface area (Å²) < 4.78 is 2.42. The molecule has 0 atom stereocenters. The first-order chi connectivity index (χ1) is 9.97. The van der Waals surface area contributed by atoms with Crippen molar-refractivity contribution in [2.24, 2.45) is 5.73 Å². The average Bonchev–Trinajstić information content (AvgIpc) is 2.89. The molecule has 0 fully saturated rings. The number of aromatic carboxylic acids is 1. The van der Waals surface area contributed by atoms with Crippen molar-refractivity contribution in [1.82, 2.24) is 9.55 Å². The summed E-state index contributed by atoms with van der Waals surface area (Å²) in [6, 6.07) is 5.19. The van der Waals surface area contributed by atoms with E-state index in [1.165, 1.54) is 12.5 Å². The maximum absolute atomic E-state index is 11.4. The Hall–Kier alpha value is -2.35. The first-order valence-corrected chi connectivity index (χ1v) is 6.85. The zero-order chi connectivity index (χ0) is 15.4. The first-order valence-electron chi connectivity index (χ1n) is 6.05. The van der Waals surface area contributed by atoms with Crippen molar-refractivity contribution in [2.45, 2.75) is 6.54 Å². The number of amides is 1. The molecule has 0 unspecified atom stereocenters. The summed E-state index contributed by atoms with van der Waals surface area (Å²) in [5.74, 6) is -1.58. The molecule has 21 heavy (non-hydrogen) atoms. The molecule has 0 aliphatic heterocycles. The Morgan fingerprint density at radius 1 is 1.43 bits per heavy atom. The van der Waals surface area contributed by atoms with Crippen LogP contribution in [0.15, 0.2) is 35.2 Å². The smallest absolute Gasteiger partial charge is 0.356 e. The highest BCUT2D eigenvalue weighted by Gasteiger charge is 2.09. The third kappa shape index (κ3) is 3.82. The van der Waals surface area contributed by atoms with Gasteiger partial charge in [-0.2, -0.15) is 0 Å². The van der Waals surface area contributed by atoms with Gasteiger partial charge in [0.1, 0.15) is 0 Å². The van der Waals surface area contributed by atoms with Crippen molar-refractivity contribution in [2.75, 3.05) is 11.9 Å². The highest BCUT2D eigenvalue weighted by Crippen LogP contribution is 2.20. The standard InChI is InChI=1S/C13H13BrN4O3/c14-8-1-2-10(9(5-8)12(15)19)16-3-4-18-6-11(13(20)21)17-7-18/h1-2,5-7,16H,3-4H2,(H2,15,19)(H,20,21). The number of nitrogens with two attached hydrogens (primary N) is 1. The number of rotatable bonds is 6. The molecule has 8 heteroatoms. The molecule has 110 valence electrons. The molecule has 0 saturated heterocycles. The lowest BCUT2D eigenvalue weighted by atomic mass is 10.1. The summed E-state index contributed by atoms with van der Waals surface area (Å²) in [6.07, 6.45) is 2.89. The fourth-order valence-electron chi connectivity index (χ4n) is 1.79. The Morgan fingerprint density at radius 2 is 2.19 bits per heavy atom. The van der Waals surface area contributed by atoms with Gasteiger partial charge in [0.05, 0.1) is 11.9 Å². The van der Waals surface area contributed by atoms with Gasteiger partial charge in [-0.25, -0.2) is 9.78 Å². The lowest BCUT2D eigenvalue weighted by Gasteiger charge is -2.10. The summed E-state index contributed by atoms with van der Waals surface area (Å²) in [7, 11) is 0. The zero-order valence-electron chi connectivity index (χ0n) is 10.9. The average molecular weight is 353 g/mol. The van der Waals surface area contributed by atoms with E-state index in [4.69, 9.17) is 10.8 Å². The van der Waals surface area contributed by atoms with Gasteiger partial charge < -0.3 is 20.7 Å². The number of imidazole rings is 1. The van der Waals surface area contributed by atoms with Gasteiger partial charge in [0.25, 0.3) is 5.91 Å². The molecular formula is C13H13BrN4O3. The maximum atomic E-state index is 11.4. The van der Waals surface area contributed by atoms with Crippen LogP contribution in [0.2, 0.25) is 0 Å². The van der Waals surface area contributed by atoms with Gasteiger partial charge in [0, 0.05) is 29.4 Å². The first kappa shape index (κ1) is 15.0. The molecule has 2 rings (SSSR count). The molecule has 0 saturated carbocycles. The summed E-state index contributed by atoms with van der Waals surface area (Å²) in [5.41, 5.74) is 6.34. The van der Waals surface area contributed by atoms with Gasteiger partial charge in [0.15, 0.2) is 5.69 Å². The van der Waals surface area contributed by atoms with Crippen LogP contribution in [0.4, 0.5) is 5.69 Å². The number of carbonyl (C=O) groups is 2. The Balaban J connectivity index is 2.00. The van der Waals surface area contributed by atoms with Gasteiger partial charge in [-0.05, 0) is 18.2 Å². The molecule has 0 spiro atoms. The number of carbonyl (C=O) groups excluding carboxylic acids is 1. The van der Waals surface area contributed by atoms with E-state index in [2.05, 4.69) is 26.2 Å². The number of carboxylic acid groups (broad SMARTS) is 1. The lowest BCUT2D eigenvalue weighted by Crippen LogP contribution is -2.16. The van der Waals surface area contributed by atoms with Crippen molar-refractivity contribution < 1.29 is 14.7 Å². The van der Waals surface area contributed by atoms with Crippen LogP contribution in [0.25, 0.3) is 0 Å². The molecule has 1 aromatic heterocycles. The summed E-state index contributed by atoms with van der Waals surface area (Å²) in [6.45, 7) is 1.01. The van der Waals surface area contributed by atoms with E-state index in [0.29, 0.717) is 24.3 Å². The molecule has 2 aromatic rings. The van der Waals surface area contributed by atoms with Crippen molar-refractivity contribution in [1.29, 1.82) is 0 Å². The van der Waals surface area contributed by atoms with Gasteiger partial charge in [-0.3, -0.25) is 4.79 Å². The van der Waals surface area contributed by atoms with Crippen molar-refractivity contribution in [3.05, 3.63) is 46.5 Å². The number of hydrogen-bond donors (Lipinski definition) is 3. The fraction of sp³-hybridized carbons (Fsp3) is 0.154. The number of carboxylic acids is 1. The van der Waals surface area contributed by atoms with Crippen molar-refractivity contribution in [3.8, 4) is 0 Å². The molecular weight excluding hydrogens is 340 g/mol. The highest BCUT2D eigenvalue weighted by atomic mass is 79.9. The van der Waals surface area contributed by atoms with Crippen molar-refractivity contribution in [3.63, 3.8) is 0 Å². The fourth-order valence-corrected chi connectivity index (χ4v) is 2.15. The lowest BCUT2D eigenvalue weighted by molar-refractivity contribution is 0.0690. The predicted octanol–water partition coefficient (Wildman–Crippen LogP) is 1.55. The van der Waals surface area contributed by atoms with Crippen LogP contribution in [-0.2, 0) is 6.54 Å². The van der Waals surface area contributed by atoms with E-state index < -0.39 is 11.9 Å². The summed E-state index contributed by atoms with van der Waals surface area (Å²) in [4.78, 5) is 25.8. The minimum atomic E-state index is -1.06. The topological polar surface area (TPSA) is 110 Å². The normalized spacial score (nSPS) is 10.3. The Bertz CT molecular complexity index is 684. The number of benzene rings is 1. The minimum absolute atomic E-state index is 0.00327. The molecule has 4 N–H and O–H groups in total. The highest BCUT2D eigenvalue weighted by molar-refractivity contribution is 9.10. The predicted molar refractivity (Wildman–Crippen MR) is 80.3 cm³/mol. The van der Waals surface area contributed by atoms with Crippen LogP contribution >= 0.6 is 15.9 Å². The third-order valence-electron chi connectivity index (χ3n) is 2.78. The molecule has 1 heterocycles. The Morgan fingerprint density at radius 3 is 2.81 bits per heavy atom. The van der Waals surface area contributed by atoms with E-state index >= 15 is 0 Å². The molecule has 1 aromatic carbocycles. The SMILES string of the molecule is NC(=O)c1cc(Br)ccc1NCCn1cnc(C(=O)O)c1. The number of nitrogens with zero attached hydrogens (tertiary/aromatic N) is 2. The van der Waals surface area contributed by atoms with Crippen LogP contribution in [0.3, 0.4) is 0 Å². The van der Waals surface area contributed by atoms with Crippen LogP contribution in [0.1, 0.15) is 20.8 Å². The van der Waals surface area contributed by atoms with Crippen LogP contribution in [0, 0.1) is 0 Å². The van der Waals surface area contributed by atoms with E-state index in [1.54, 1.807) is 22.8 Å². The van der Waals surface area contributed by atoms with E-state index in [-0.39, 0.29) is 5.69 Å². The summed E-state index contributed by atoms with van der Waals surface area (Å²) >= 11 is 3.28. The number of hydrogen-bond acceptors (Lipinski definition) is 4. The quantitative estimate of drug-likeness (QED) is 0.730. The third-order valence-corrected chi connectivity index (χ3v) is 3.28. The van der Waals surface area contributed by atoms with E-state index in [0.717, 1.165) is 4.47 Å². The number of anilines is 1. The van der Waals surface area contributed by atoms with Gasteiger partial charge in [0.2, 0.25) is 0 Å². The van der Waals surface area contributed by atoms with Gasteiger partial charge >= 0.3 is 5.97 Å². The molecule has 7 nitrogen and oxygen atoms in total. The number of halogens is 1. The van der Waals surface area contributed by atoms with E-state index in [9.17, 15) is 9.59 Å². The maximum Gasteiger partial charge on any atom is 0.356 e. The monoisotopic (exact) mass is 352 g/mol. The largest absolute Gasteiger partial charge is 0.476 e. The Kier molecular flexibility index (Phi) is 4.59. The minimum Gasteiger partial charge on any atom is -0.476 e. The number of nitrogens with one attached hydrogen (secondary N) is 1. The van der Waals surface area contributed by atoms with Crippen molar-refractivity contribution >= 4 is 33.5 Å². The van der Waals surface area contributed by atoms with Crippen LogP contribution < -0.4 is 11.1 Å². The summed E-state index contributed by atoms with van der Waals surface area (Å²) in [5, 5.41) is 11.9. The molecule has 0 aliphatic carbocycles. The molecule has 0 bridgehead atoms.